The van der Waals surface area contributed by atoms with Crippen molar-refractivity contribution in [1.82, 2.24) is 4.90 Å². The number of phenols is 1. The number of nitrogens with zero attached hydrogens (tertiary/aromatic N) is 1. The van der Waals surface area contributed by atoms with Crippen molar-refractivity contribution in [1.29, 1.82) is 0 Å². The number of halogens is 1. The van der Waals surface area contributed by atoms with E-state index in [-0.39, 0.29) is 17.7 Å². The number of fused-ring (bicyclic) bond motifs is 1. The quantitative estimate of drug-likeness (QED) is 0.763. The maximum absolute atomic E-state index is 11.4. The van der Waals surface area contributed by atoms with Crippen molar-refractivity contribution in [3.8, 4) is 11.5 Å². The Balaban J connectivity index is 1.70. The number of aliphatic hydroxyl groups is 1. The molecule has 150 valence electrons. The molecule has 3 atom stereocenters. The van der Waals surface area contributed by atoms with E-state index >= 15 is 0 Å². The molecule has 2 aromatic carbocycles. The average molecular weight is 402 g/mol. The molecule has 1 heterocycles. The molecule has 0 aromatic heterocycles. The lowest BCUT2D eigenvalue weighted by Gasteiger charge is -2.53. The molecule has 1 aliphatic heterocycles. The molecule has 0 bridgehead atoms. The van der Waals surface area contributed by atoms with Gasteiger partial charge in [-0.3, -0.25) is 4.90 Å². The second kappa shape index (κ2) is 7.94. The van der Waals surface area contributed by atoms with Crippen molar-refractivity contribution >= 4 is 11.6 Å². The lowest BCUT2D eigenvalue weighted by Crippen LogP contribution is -2.54. The largest absolute Gasteiger partial charge is 0.504 e. The molecule has 28 heavy (non-hydrogen) atoms. The minimum absolute atomic E-state index is 0.0872. The smallest absolute Gasteiger partial charge is 0.160 e. The van der Waals surface area contributed by atoms with Gasteiger partial charge in [0, 0.05) is 30.1 Å². The third-order valence-electron chi connectivity index (χ3n) is 6.52. The van der Waals surface area contributed by atoms with Gasteiger partial charge in [-0.25, -0.2) is 0 Å². The number of phenolic OH excluding ortho intramolecular Hbond substituents is 1. The maximum atomic E-state index is 11.4. The number of likely N-dealkylation sites (tertiary alicyclic amines) is 1. The van der Waals surface area contributed by atoms with E-state index in [2.05, 4.69) is 17.0 Å². The van der Waals surface area contributed by atoms with Crippen molar-refractivity contribution in [3.05, 3.63) is 58.6 Å². The summed E-state index contributed by atoms with van der Waals surface area (Å²) in [6.45, 7) is 1.64. The zero-order valence-electron chi connectivity index (χ0n) is 16.3. The summed E-state index contributed by atoms with van der Waals surface area (Å²) >= 11 is 6.05. The fraction of sp³-hybridized carbons (Fsp3) is 0.478. The summed E-state index contributed by atoms with van der Waals surface area (Å²) in [4.78, 5) is 2.46. The third kappa shape index (κ3) is 3.73. The molecule has 2 fully saturated rings. The second-order valence-electron chi connectivity index (χ2n) is 8.18. The van der Waals surface area contributed by atoms with Crippen LogP contribution in [-0.2, 0) is 6.54 Å². The number of hydrogen-bond acceptors (Lipinski definition) is 4. The fourth-order valence-electron chi connectivity index (χ4n) is 5.07. The first-order valence-corrected chi connectivity index (χ1v) is 10.5. The van der Waals surface area contributed by atoms with Gasteiger partial charge in [-0.2, -0.15) is 0 Å². The minimum Gasteiger partial charge on any atom is -0.504 e. The van der Waals surface area contributed by atoms with Crippen LogP contribution in [0.5, 0.6) is 11.5 Å². The van der Waals surface area contributed by atoms with Crippen LogP contribution in [0, 0.1) is 5.92 Å². The Hall–Kier alpha value is -1.75. The first-order chi connectivity index (χ1) is 13.5. The minimum atomic E-state index is -0.607. The second-order valence-corrected chi connectivity index (χ2v) is 8.62. The molecule has 4 rings (SSSR count). The van der Waals surface area contributed by atoms with Crippen LogP contribution in [0.4, 0.5) is 0 Å². The van der Waals surface area contributed by atoms with Gasteiger partial charge < -0.3 is 14.9 Å². The van der Waals surface area contributed by atoms with Crippen molar-refractivity contribution < 1.29 is 14.9 Å². The highest BCUT2D eigenvalue weighted by Crippen LogP contribution is 2.50. The van der Waals surface area contributed by atoms with Crippen LogP contribution in [0.15, 0.2) is 42.5 Å². The predicted molar refractivity (Wildman–Crippen MR) is 111 cm³/mol. The van der Waals surface area contributed by atoms with Crippen molar-refractivity contribution in [2.24, 2.45) is 5.92 Å². The van der Waals surface area contributed by atoms with E-state index < -0.39 is 5.60 Å². The van der Waals surface area contributed by atoms with E-state index in [0.29, 0.717) is 5.75 Å². The van der Waals surface area contributed by atoms with Crippen molar-refractivity contribution in [3.63, 3.8) is 0 Å². The van der Waals surface area contributed by atoms with Crippen molar-refractivity contribution in [2.75, 3.05) is 13.7 Å². The first kappa shape index (κ1) is 19.6. The predicted octanol–water partition coefficient (Wildman–Crippen LogP) is 4.92. The first-order valence-electron chi connectivity index (χ1n) is 10.1. The van der Waals surface area contributed by atoms with E-state index in [1.807, 2.05) is 24.3 Å². The summed E-state index contributed by atoms with van der Waals surface area (Å²) in [6.07, 6.45) is 4.93. The number of piperidine rings is 1. The summed E-state index contributed by atoms with van der Waals surface area (Å²) in [5.74, 6) is 0.802. The summed E-state index contributed by atoms with van der Waals surface area (Å²) in [5, 5.41) is 22.2. The lowest BCUT2D eigenvalue weighted by atomic mass is 9.66. The van der Waals surface area contributed by atoms with Crippen LogP contribution in [-0.4, -0.2) is 34.4 Å². The summed E-state index contributed by atoms with van der Waals surface area (Å²) in [5.41, 5.74) is 1.69. The van der Waals surface area contributed by atoms with E-state index in [1.54, 1.807) is 13.2 Å². The zero-order chi connectivity index (χ0) is 19.7. The number of benzene rings is 2. The zero-order valence-corrected chi connectivity index (χ0v) is 17.0. The van der Waals surface area contributed by atoms with Gasteiger partial charge in [0.15, 0.2) is 11.5 Å². The van der Waals surface area contributed by atoms with Gasteiger partial charge in [-0.1, -0.05) is 42.6 Å². The van der Waals surface area contributed by atoms with Gasteiger partial charge in [0.2, 0.25) is 0 Å². The van der Waals surface area contributed by atoms with Gasteiger partial charge in [0.25, 0.3) is 0 Å². The van der Waals surface area contributed by atoms with Crippen LogP contribution in [0.2, 0.25) is 5.02 Å². The van der Waals surface area contributed by atoms with Crippen LogP contribution >= 0.6 is 11.6 Å². The van der Waals surface area contributed by atoms with E-state index in [4.69, 9.17) is 16.3 Å². The number of hydrogen-bond donors (Lipinski definition) is 2. The van der Waals surface area contributed by atoms with Gasteiger partial charge in [0.05, 0.1) is 12.7 Å². The molecule has 2 N–H and O–H groups in total. The van der Waals surface area contributed by atoms with Crippen LogP contribution in [0.3, 0.4) is 0 Å². The molecule has 1 aliphatic carbocycles. The summed E-state index contributed by atoms with van der Waals surface area (Å²) in [6, 6.07) is 13.7. The summed E-state index contributed by atoms with van der Waals surface area (Å²) < 4.78 is 5.36. The van der Waals surface area contributed by atoms with E-state index in [1.165, 1.54) is 5.56 Å². The molecule has 4 nitrogen and oxygen atoms in total. The van der Waals surface area contributed by atoms with E-state index in [9.17, 15) is 10.2 Å². The third-order valence-corrected chi connectivity index (χ3v) is 6.77. The number of rotatable bonds is 4. The fourth-order valence-corrected chi connectivity index (χ4v) is 5.19. The number of ether oxygens (including phenoxy) is 1. The highest BCUT2D eigenvalue weighted by Gasteiger charge is 2.48. The number of aromatic hydroxyl groups is 1. The Morgan fingerprint density at radius 3 is 2.68 bits per heavy atom. The van der Waals surface area contributed by atoms with Gasteiger partial charge in [-0.05, 0) is 54.7 Å². The Morgan fingerprint density at radius 2 is 1.93 bits per heavy atom. The molecule has 5 heteroatoms. The van der Waals surface area contributed by atoms with Gasteiger partial charge in [0.1, 0.15) is 0 Å². The average Bonchev–Trinajstić information content (AvgIpc) is 2.70. The Bertz CT molecular complexity index is 825. The standard InChI is InChI=1S/C23H28ClNO3/c1-28-21-14-17(7-10-20(21)26)22-19-4-2-3-11-23(19,27)12-13-25(22)15-16-5-8-18(24)9-6-16/h5-10,14,19,22,26-27H,2-4,11-13,15H2,1H3/t19-,22+,23-/m1/s1. The molecule has 0 spiro atoms. The van der Waals surface area contributed by atoms with Crippen LogP contribution in [0.1, 0.15) is 49.3 Å². The molecule has 0 unspecified atom stereocenters. The Kier molecular flexibility index (Phi) is 5.55. The summed E-state index contributed by atoms with van der Waals surface area (Å²) in [7, 11) is 1.57. The van der Waals surface area contributed by atoms with Crippen LogP contribution < -0.4 is 4.74 Å². The Labute approximate surface area is 171 Å². The topological polar surface area (TPSA) is 52.9 Å². The molecule has 1 saturated heterocycles. The highest BCUT2D eigenvalue weighted by molar-refractivity contribution is 6.30. The maximum Gasteiger partial charge on any atom is 0.160 e. The lowest BCUT2D eigenvalue weighted by molar-refractivity contribution is -0.126. The molecule has 2 aromatic rings. The normalized spacial score (nSPS) is 28.0. The van der Waals surface area contributed by atoms with Crippen LogP contribution in [0.25, 0.3) is 0 Å². The molecular weight excluding hydrogens is 374 g/mol. The molecule has 0 amide bonds. The van der Waals surface area contributed by atoms with Crippen molar-refractivity contribution in [2.45, 2.75) is 50.3 Å². The molecular formula is C23H28ClNO3. The molecule has 1 saturated carbocycles. The van der Waals surface area contributed by atoms with E-state index in [0.717, 1.165) is 55.8 Å². The monoisotopic (exact) mass is 401 g/mol. The number of methoxy groups -OCH3 is 1. The Morgan fingerprint density at radius 1 is 1.14 bits per heavy atom. The molecule has 0 radical (unpaired) electrons. The van der Waals surface area contributed by atoms with Gasteiger partial charge in [-0.15, -0.1) is 0 Å². The van der Waals surface area contributed by atoms with Gasteiger partial charge >= 0.3 is 0 Å². The SMILES string of the molecule is COc1cc([C@H]2[C@H]3CCCC[C@@]3(O)CCN2Cc2ccc(Cl)cc2)ccc1O. The molecule has 2 aliphatic rings. The highest BCUT2D eigenvalue weighted by atomic mass is 35.5.